The number of allylic oxidation sites excluding steroid dienone is 1. The van der Waals surface area contributed by atoms with E-state index in [-0.39, 0.29) is 13.0 Å². The van der Waals surface area contributed by atoms with E-state index in [0.717, 1.165) is 21.0 Å². The van der Waals surface area contributed by atoms with Gasteiger partial charge in [0.25, 0.3) is 0 Å². The number of urea groups is 1. The summed E-state index contributed by atoms with van der Waals surface area (Å²) in [6, 6.07) is 28.9. The van der Waals surface area contributed by atoms with Crippen molar-refractivity contribution in [2.75, 3.05) is 13.1 Å². The summed E-state index contributed by atoms with van der Waals surface area (Å²) in [5.74, 6) is 1.62. The Balaban J connectivity index is 1.40. The van der Waals surface area contributed by atoms with E-state index >= 15 is 0 Å². The Morgan fingerprint density at radius 1 is 0.976 bits per heavy atom. The number of hydrogen-bond donors (Lipinski definition) is 1. The summed E-state index contributed by atoms with van der Waals surface area (Å²) in [5, 5.41) is 21.9. The molecular formula is C31H30N5O4P. The van der Waals surface area contributed by atoms with Crippen LogP contribution in [0.5, 0.6) is 0 Å². The van der Waals surface area contributed by atoms with E-state index in [0.29, 0.717) is 17.9 Å². The van der Waals surface area contributed by atoms with Gasteiger partial charge in [-0.2, -0.15) is 0 Å². The van der Waals surface area contributed by atoms with Crippen molar-refractivity contribution in [3.8, 4) is 0 Å². The van der Waals surface area contributed by atoms with Gasteiger partial charge in [-0.05, 0) is 0 Å². The van der Waals surface area contributed by atoms with Crippen LogP contribution in [0.4, 0.5) is 4.79 Å². The van der Waals surface area contributed by atoms with Crippen molar-refractivity contribution in [1.29, 1.82) is 0 Å². The van der Waals surface area contributed by atoms with E-state index in [9.17, 15) is 14.8 Å². The second kappa shape index (κ2) is 10.4. The third-order valence-electron chi connectivity index (χ3n) is 7.62. The molecular weight excluding hydrogens is 537 g/mol. The molecule has 1 unspecified atom stereocenters. The number of hydroxylamine groups is 2. The SMILES string of the molecule is CC=CP(OC(=O)Cc1cn(C2=CC3CN(C2)C(=O)N3O)nn1)(c1ccccc1)(c1ccccc1)c1ccccc1. The van der Waals surface area contributed by atoms with Gasteiger partial charge >= 0.3 is 238 Å². The molecule has 2 aliphatic rings. The number of aromatic nitrogens is 3. The Bertz CT molecular complexity index is 1540. The molecule has 2 amide bonds. The van der Waals surface area contributed by atoms with Gasteiger partial charge in [-0.25, -0.2) is 0 Å². The van der Waals surface area contributed by atoms with Crippen LogP contribution >= 0.6 is 6.83 Å². The fraction of sp³-hybridized carbons (Fsp3) is 0.161. The fourth-order valence-corrected chi connectivity index (χ4v) is 10.9. The Kier molecular flexibility index (Phi) is 6.77. The van der Waals surface area contributed by atoms with Crippen LogP contribution in [0.1, 0.15) is 12.6 Å². The molecule has 0 radical (unpaired) electrons. The van der Waals surface area contributed by atoms with Gasteiger partial charge in [0.2, 0.25) is 0 Å². The predicted octanol–water partition coefficient (Wildman–Crippen LogP) is 3.69. The average molecular weight is 568 g/mol. The Hall–Kier alpha value is -4.59. The molecule has 1 atom stereocenters. The van der Waals surface area contributed by atoms with Crippen molar-refractivity contribution >= 4 is 40.4 Å². The molecule has 208 valence electrons. The van der Waals surface area contributed by atoms with Gasteiger partial charge in [-0.3, -0.25) is 0 Å². The minimum absolute atomic E-state index is 0.104. The Morgan fingerprint density at radius 3 is 2.05 bits per heavy atom. The molecule has 0 spiro atoms. The molecule has 2 bridgehead atoms. The zero-order valence-electron chi connectivity index (χ0n) is 22.5. The number of carbonyl (C=O) groups is 2. The van der Waals surface area contributed by atoms with Gasteiger partial charge in [0.1, 0.15) is 0 Å². The van der Waals surface area contributed by atoms with Crippen LogP contribution in [0, 0.1) is 0 Å². The van der Waals surface area contributed by atoms with Gasteiger partial charge in [0.05, 0.1) is 0 Å². The molecule has 3 heterocycles. The molecule has 1 saturated heterocycles. The number of benzene rings is 3. The molecule has 0 saturated carbocycles. The maximum atomic E-state index is 14.0. The zero-order chi connectivity index (χ0) is 28.5. The van der Waals surface area contributed by atoms with Crippen molar-refractivity contribution < 1.29 is 19.3 Å². The summed E-state index contributed by atoms with van der Waals surface area (Å²) in [6.45, 7) is -1.30. The van der Waals surface area contributed by atoms with Crippen molar-refractivity contribution in [1.82, 2.24) is 25.0 Å². The third kappa shape index (κ3) is 4.34. The van der Waals surface area contributed by atoms with E-state index in [4.69, 9.17) is 4.52 Å². The normalized spacial score (nSPS) is 17.8. The topological polar surface area (TPSA) is 101 Å². The number of nitrogens with zero attached hydrogens (tertiary/aromatic N) is 5. The molecule has 41 heavy (non-hydrogen) atoms. The number of rotatable bonds is 8. The van der Waals surface area contributed by atoms with Gasteiger partial charge in [0, 0.05) is 0 Å². The summed E-state index contributed by atoms with van der Waals surface area (Å²) >= 11 is 0. The summed E-state index contributed by atoms with van der Waals surface area (Å²) < 4.78 is 8.42. The van der Waals surface area contributed by atoms with Gasteiger partial charge in [0.15, 0.2) is 0 Å². The average Bonchev–Trinajstić information content (AvgIpc) is 3.56. The van der Waals surface area contributed by atoms with Crippen LogP contribution in [-0.4, -0.2) is 61.3 Å². The molecule has 0 aliphatic carbocycles. The zero-order valence-corrected chi connectivity index (χ0v) is 23.4. The second-order valence-corrected chi connectivity index (χ2v) is 14.4. The fourth-order valence-electron chi connectivity index (χ4n) is 5.80. The van der Waals surface area contributed by atoms with Crippen LogP contribution in [-0.2, 0) is 15.7 Å². The quantitative estimate of drug-likeness (QED) is 0.258. The number of amides is 2. The number of hydrogen-bond acceptors (Lipinski definition) is 6. The van der Waals surface area contributed by atoms with Crippen LogP contribution in [0.15, 0.2) is 115 Å². The van der Waals surface area contributed by atoms with Crippen LogP contribution < -0.4 is 15.9 Å². The molecule has 3 aromatic carbocycles. The van der Waals surface area contributed by atoms with Gasteiger partial charge in [-0.1, -0.05) is 0 Å². The van der Waals surface area contributed by atoms with Crippen molar-refractivity contribution in [3.05, 3.63) is 121 Å². The van der Waals surface area contributed by atoms with Crippen LogP contribution in [0.25, 0.3) is 5.70 Å². The number of carbonyl (C=O) groups excluding carboxylic acids is 2. The molecule has 1 aromatic heterocycles. The monoisotopic (exact) mass is 567 g/mol. The molecule has 1 N–H and O–H groups in total. The second-order valence-electron chi connectivity index (χ2n) is 10.1. The maximum absolute atomic E-state index is 14.0. The number of fused-ring (bicyclic) bond motifs is 2. The van der Waals surface area contributed by atoms with E-state index in [1.165, 1.54) is 4.90 Å². The minimum atomic E-state index is -3.94. The molecule has 6 rings (SSSR count). The third-order valence-corrected chi connectivity index (χ3v) is 13.0. The first-order chi connectivity index (χ1) is 19.9. The van der Waals surface area contributed by atoms with Crippen molar-refractivity contribution in [2.45, 2.75) is 19.4 Å². The van der Waals surface area contributed by atoms with Crippen molar-refractivity contribution in [2.24, 2.45) is 0 Å². The standard InChI is InChI=1S/C31H30N5O4P/c1-2-18-41(27-12-6-3-7-13-27,28-14-8-4-9-15-28,29-16-10-5-11-17-29)40-30(37)19-24-21-35(33-32-24)25-20-26-23-34(22-25)31(38)36(26)39/h2-18,20-21,26,39H,19,22-23H2,1H3. The summed E-state index contributed by atoms with van der Waals surface area (Å²) in [5.41, 5.74) is 1.13. The van der Waals surface area contributed by atoms with Crippen LogP contribution in [0.3, 0.4) is 0 Å². The van der Waals surface area contributed by atoms with Gasteiger partial charge in [-0.15, -0.1) is 0 Å². The summed E-state index contributed by atoms with van der Waals surface area (Å²) in [6.07, 6.45) is 5.31. The summed E-state index contributed by atoms with van der Waals surface area (Å²) in [4.78, 5) is 27.7. The van der Waals surface area contributed by atoms with E-state index in [2.05, 4.69) is 16.1 Å². The van der Waals surface area contributed by atoms with E-state index in [1.807, 2.05) is 104 Å². The first-order valence-electron chi connectivity index (χ1n) is 13.4. The summed E-state index contributed by atoms with van der Waals surface area (Å²) in [7, 11) is 0. The van der Waals surface area contributed by atoms with E-state index < -0.39 is 24.9 Å². The molecule has 4 aromatic rings. The Labute approximate surface area is 237 Å². The predicted molar refractivity (Wildman–Crippen MR) is 158 cm³/mol. The van der Waals surface area contributed by atoms with Crippen molar-refractivity contribution in [3.63, 3.8) is 0 Å². The molecule has 10 heteroatoms. The first kappa shape index (κ1) is 26.6. The van der Waals surface area contributed by atoms with E-state index in [1.54, 1.807) is 17.0 Å². The molecule has 9 nitrogen and oxygen atoms in total. The van der Waals surface area contributed by atoms with Gasteiger partial charge < -0.3 is 0 Å². The van der Waals surface area contributed by atoms with Crippen LogP contribution in [0.2, 0.25) is 0 Å². The molecule has 2 aliphatic heterocycles. The Morgan fingerprint density at radius 2 is 1.54 bits per heavy atom. The molecule has 1 fully saturated rings. The first-order valence-corrected chi connectivity index (χ1v) is 15.6.